The molecule has 0 radical (unpaired) electrons. The van der Waals surface area contributed by atoms with Crippen LogP contribution < -0.4 is 10.6 Å². The molecule has 3 rings (SSSR count). The van der Waals surface area contributed by atoms with E-state index in [9.17, 15) is 0 Å². The van der Waals surface area contributed by atoms with Gasteiger partial charge < -0.3 is 15.7 Å². The second-order valence-electron chi connectivity index (χ2n) is 5.69. The van der Waals surface area contributed by atoms with Crippen LogP contribution in [0.4, 0.5) is 11.8 Å². The third-order valence-electron chi connectivity index (χ3n) is 3.69. The Morgan fingerprint density at radius 1 is 0.960 bits per heavy atom. The summed E-state index contributed by atoms with van der Waals surface area (Å²) in [5, 5.41) is 15.4. The minimum absolute atomic E-state index is 0.0228. The van der Waals surface area contributed by atoms with Crippen LogP contribution in [-0.2, 0) is 6.54 Å². The number of nitrogens with zero attached hydrogens (tertiary/aromatic N) is 3. The normalized spacial score (nSPS) is 10.5. The highest BCUT2D eigenvalue weighted by molar-refractivity contribution is 5.63. The maximum Gasteiger partial charge on any atom is 0.225 e. The highest BCUT2D eigenvalue weighted by Gasteiger charge is 2.07. The molecule has 0 aliphatic rings. The molecule has 0 amide bonds. The van der Waals surface area contributed by atoms with Gasteiger partial charge in [-0.2, -0.15) is 4.98 Å². The SMILES string of the molecule is Cc1ccc(CNc2cc(-c3ccncc3)nc(NCCO)n2)cc1. The second kappa shape index (κ2) is 8.21. The van der Waals surface area contributed by atoms with Crippen molar-refractivity contribution < 1.29 is 5.11 Å². The number of anilines is 2. The molecule has 0 spiro atoms. The third kappa shape index (κ3) is 4.74. The molecule has 0 saturated heterocycles. The van der Waals surface area contributed by atoms with E-state index in [1.807, 2.05) is 18.2 Å². The van der Waals surface area contributed by atoms with Crippen molar-refractivity contribution in [2.24, 2.45) is 0 Å². The van der Waals surface area contributed by atoms with Gasteiger partial charge in [-0.05, 0) is 24.6 Å². The number of nitrogens with one attached hydrogen (secondary N) is 2. The Bertz CT molecular complexity index is 806. The molecule has 0 saturated carbocycles. The first-order valence-corrected chi connectivity index (χ1v) is 8.18. The number of benzene rings is 1. The van der Waals surface area contributed by atoms with Gasteiger partial charge in [-0.3, -0.25) is 4.98 Å². The lowest BCUT2D eigenvalue weighted by Crippen LogP contribution is -2.11. The van der Waals surface area contributed by atoms with Crippen molar-refractivity contribution in [2.75, 3.05) is 23.8 Å². The van der Waals surface area contributed by atoms with E-state index in [4.69, 9.17) is 5.11 Å². The van der Waals surface area contributed by atoms with Gasteiger partial charge in [0.2, 0.25) is 5.95 Å². The molecule has 6 nitrogen and oxygen atoms in total. The molecule has 0 fully saturated rings. The van der Waals surface area contributed by atoms with Crippen LogP contribution in [0.5, 0.6) is 0 Å². The van der Waals surface area contributed by atoms with E-state index >= 15 is 0 Å². The largest absolute Gasteiger partial charge is 0.395 e. The van der Waals surface area contributed by atoms with E-state index in [2.05, 4.69) is 56.8 Å². The average molecular weight is 335 g/mol. The molecule has 2 aromatic heterocycles. The van der Waals surface area contributed by atoms with Crippen molar-refractivity contribution in [3.63, 3.8) is 0 Å². The van der Waals surface area contributed by atoms with Crippen LogP contribution in [-0.4, -0.2) is 33.2 Å². The number of aryl methyl sites for hydroxylation is 1. The predicted molar refractivity (Wildman–Crippen MR) is 99.3 cm³/mol. The van der Waals surface area contributed by atoms with Gasteiger partial charge in [0.15, 0.2) is 0 Å². The first-order chi connectivity index (χ1) is 12.2. The summed E-state index contributed by atoms with van der Waals surface area (Å²) < 4.78 is 0. The molecule has 25 heavy (non-hydrogen) atoms. The Morgan fingerprint density at radius 2 is 1.72 bits per heavy atom. The number of hydrogen-bond acceptors (Lipinski definition) is 6. The van der Waals surface area contributed by atoms with Crippen LogP contribution >= 0.6 is 0 Å². The Balaban J connectivity index is 1.82. The fourth-order valence-electron chi connectivity index (χ4n) is 2.35. The highest BCUT2D eigenvalue weighted by atomic mass is 16.3. The molecule has 0 atom stereocenters. The number of aliphatic hydroxyl groups is 1. The smallest absolute Gasteiger partial charge is 0.225 e. The van der Waals surface area contributed by atoms with Gasteiger partial charge in [0, 0.05) is 37.1 Å². The van der Waals surface area contributed by atoms with Crippen LogP contribution in [0, 0.1) is 6.92 Å². The minimum Gasteiger partial charge on any atom is -0.395 e. The van der Waals surface area contributed by atoms with Gasteiger partial charge >= 0.3 is 0 Å². The van der Waals surface area contributed by atoms with Gasteiger partial charge in [0.05, 0.1) is 12.3 Å². The molecule has 0 bridgehead atoms. The number of pyridine rings is 1. The summed E-state index contributed by atoms with van der Waals surface area (Å²) in [4.78, 5) is 13.0. The van der Waals surface area contributed by atoms with Crippen LogP contribution in [0.3, 0.4) is 0 Å². The van der Waals surface area contributed by atoms with E-state index in [0.29, 0.717) is 19.0 Å². The van der Waals surface area contributed by atoms with Crippen LogP contribution in [0.25, 0.3) is 11.3 Å². The Morgan fingerprint density at radius 3 is 2.44 bits per heavy atom. The first kappa shape index (κ1) is 16.9. The van der Waals surface area contributed by atoms with Crippen molar-refractivity contribution in [2.45, 2.75) is 13.5 Å². The number of aromatic nitrogens is 3. The van der Waals surface area contributed by atoms with Crippen molar-refractivity contribution >= 4 is 11.8 Å². The summed E-state index contributed by atoms with van der Waals surface area (Å²) in [7, 11) is 0. The lowest BCUT2D eigenvalue weighted by atomic mass is 10.1. The Labute approximate surface area is 147 Å². The molecule has 128 valence electrons. The standard InChI is InChI=1S/C19H21N5O/c1-14-2-4-15(5-3-14)13-22-18-12-17(16-6-8-20-9-7-16)23-19(24-18)21-10-11-25/h2-9,12,25H,10-11,13H2,1H3,(H2,21,22,23,24). The second-order valence-corrected chi connectivity index (χ2v) is 5.69. The summed E-state index contributed by atoms with van der Waals surface area (Å²) >= 11 is 0. The molecular weight excluding hydrogens is 314 g/mol. The first-order valence-electron chi connectivity index (χ1n) is 8.18. The van der Waals surface area contributed by atoms with Gasteiger partial charge in [-0.15, -0.1) is 0 Å². The van der Waals surface area contributed by atoms with E-state index in [0.717, 1.165) is 17.1 Å². The fourth-order valence-corrected chi connectivity index (χ4v) is 2.35. The van der Waals surface area contributed by atoms with Crippen molar-refractivity contribution in [3.05, 3.63) is 66.0 Å². The number of hydrogen-bond donors (Lipinski definition) is 3. The quantitative estimate of drug-likeness (QED) is 0.616. The zero-order valence-electron chi connectivity index (χ0n) is 14.1. The highest BCUT2D eigenvalue weighted by Crippen LogP contribution is 2.21. The maximum absolute atomic E-state index is 9.02. The minimum atomic E-state index is 0.0228. The average Bonchev–Trinajstić information content (AvgIpc) is 2.66. The molecule has 0 unspecified atom stereocenters. The lowest BCUT2D eigenvalue weighted by Gasteiger charge is -2.11. The van der Waals surface area contributed by atoms with Crippen molar-refractivity contribution in [3.8, 4) is 11.3 Å². The zero-order valence-corrected chi connectivity index (χ0v) is 14.1. The zero-order chi connectivity index (χ0) is 17.5. The van der Waals surface area contributed by atoms with Gasteiger partial charge in [-0.1, -0.05) is 29.8 Å². The van der Waals surface area contributed by atoms with Crippen LogP contribution in [0.15, 0.2) is 54.9 Å². The molecular formula is C19H21N5O. The maximum atomic E-state index is 9.02. The van der Waals surface area contributed by atoms with E-state index < -0.39 is 0 Å². The number of rotatable bonds is 7. The molecule has 3 aromatic rings. The van der Waals surface area contributed by atoms with Gasteiger partial charge in [-0.25, -0.2) is 4.98 Å². The topological polar surface area (TPSA) is 83.0 Å². The third-order valence-corrected chi connectivity index (χ3v) is 3.69. The van der Waals surface area contributed by atoms with Crippen LogP contribution in [0.2, 0.25) is 0 Å². The summed E-state index contributed by atoms with van der Waals surface area (Å²) in [6.45, 7) is 3.17. The Kier molecular flexibility index (Phi) is 5.53. The molecule has 3 N–H and O–H groups in total. The molecule has 2 heterocycles. The van der Waals surface area contributed by atoms with Crippen molar-refractivity contribution in [1.29, 1.82) is 0 Å². The summed E-state index contributed by atoms with van der Waals surface area (Å²) in [6.07, 6.45) is 3.47. The van der Waals surface area contributed by atoms with Gasteiger partial charge in [0.25, 0.3) is 0 Å². The number of aliphatic hydroxyl groups excluding tert-OH is 1. The summed E-state index contributed by atoms with van der Waals surface area (Å²) in [5.74, 6) is 1.21. The van der Waals surface area contributed by atoms with E-state index in [-0.39, 0.29) is 6.61 Å². The summed E-state index contributed by atoms with van der Waals surface area (Å²) in [5.41, 5.74) is 4.17. The van der Waals surface area contributed by atoms with Crippen molar-refractivity contribution in [1.82, 2.24) is 15.0 Å². The van der Waals surface area contributed by atoms with Crippen LogP contribution in [0.1, 0.15) is 11.1 Å². The lowest BCUT2D eigenvalue weighted by molar-refractivity contribution is 0.311. The molecule has 0 aliphatic heterocycles. The molecule has 1 aromatic carbocycles. The molecule has 0 aliphatic carbocycles. The fraction of sp³-hybridized carbons (Fsp3) is 0.211. The summed E-state index contributed by atoms with van der Waals surface area (Å²) in [6, 6.07) is 14.1. The molecule has 6 heteroatoms. The predicted octanol–water partition coefficient (Wildman–Crippen LogP) is 2.86. The van der Waals surface area contributed by atoms with E-state index in [1.165, 1.54) is 11.1 Å². The Hall–Kier alpha value is -2.99. The monoisotopic (exact) mass is 335 g/mol. The van der Waals surface area contributed by atoms with Gasteiger partial charge in [0.1, 0.15) is 5.82 Å². The van der Waals surface area contributed by atoms with E-state index in [1.54, 1.807) is 12.4 Å².